The first-order chi connectivity index (χ1) is 4.37. The first-order valence-electron chi connectivity index (χ1n) is 4.37. The van der Waals surface area contributed by atoms with Crippen LogP contribution in [-0.4, -0.2) is 15.7 Å². The Morgan fingerprint density at radius 2 is 1.40 bits per heavy atom. The van der Waals surface area contributed by atoms with Crippen molar-refractivity contribution < 1.29 is 0 Å². The van der Waals surface area contributed by atoms with Crippen LogP contribution in [0.25, 0.3) is 0 Å². The van der Waals surface area contributed by atoms with Crippen molar-refractivity contribution in [3.05, 3.63) is 0 Å². The third-order valence-corrected chi connectivity index (χ3v) is 3.60. The van der Waals surface area contributed by atoms with Crippen molar-refractivity contribution >= 4 is 15.7 Å². The Labute approximate surface area is 67.6 Å². The summed E-state index contributed by atoms with van der Waals surface area (Å²) in [7, 11) is 4.72. The molecule has 2 heteroatoms. The quantitative estimate of drug-likeness (QED) is 0.514. The molecule has 0 unspecified atom stereocenters. The number of rotatable bonds is 3. The topological polar surface area (TPSA) is 0 Å². The van der Waals surface area contributed by atoms with Gasteiger partial charge in [-0.25, -0.2) is 0 Å². The second-order valence-electron chi connectivity index (χ2n) is 4.47. The highest BCUT2D eigenvalue weighted by Gasteiger charge is 2.32. The molecule has 0 aliphatic carbocycles. The first kappa shape index (κ1) is 10.1. The first-order valence-corrected chi connectivity index (χ1v) is 4.37. The summed E-state index contributed by atoms with van der Waals surface area (Å²) in [5.41, 5.74) is 0.488. The van der Waals surface area contributed by atoms with Gasteiger partial charge in [-0.05, 0) is 5.41 Å². The molecule has 0 N–H and O–H groups in total. The van der Waals surface area contributed by atoms with Gasteiger partial charge in [-0.1, -0.05) is 45.8 Å². The van der Waals surface area contributed by atoms with Crippen LogP contribution < -0.4 is 0 Å². The summed E-state index contributed by atoms with van der Waals surface area (Å²) in [5.74, 6) is 0. The fourth-order valence-corrected chi connectivity index (χ4v) is 0.957. The molecule has 0 aromatic heterocycles. The van der Waals surface area contributed by atoms with Crippen LogP contribution >= 0.6 is 0 Å². The summed E-state index contributed by atoms with van der Waals surface area (Å²) in [5, 5.41) is 0.488. The van der Waals surface area contributed by atoms with E-state index in [4.69, 9.17) is 0 Å². The highest BCUT2D eigenvalue weighted by atomic mass is 14.3. The Kier molecular flexibility index (Phi) is 3.06. The molecule has 0 amide bonds. The molecule has 0 aliphatic heterocycles. The molecule has 0 radical (unpaired) electrons. The number of hydrogen-bond acceptors (Lipinski definition) is 0. The predicted molar refractivity (Wildman–Crippen MR) is 54.1 cm³/mol. The summed E-state index contributed by atoms with van der Waals surface area (Å²) in [6.07, 6.45) is 2.54. The van der Waals surface area contributed by atoms with Crippen molar-refractivity contribution in [1.29, 1.82) is 0 Å². The normalized spacial score (nSPS) is 13.6. The molecule has 0 spiro atoms. The molecule has 0 heterocycles. The average Bonchev–Trinajstić information content (AvgIpc) is 1.88. The smallest absolute Gasteiger partial charge is 0.0799 e. The van der Waals surface area contributed by atoms with Crippen LogP contribution in [0.4, 0.5) is 0 Å². The van der Waals surface area contributed by atoms with Crippen molar-refractivity contribution in [2.45, 2.75) is 45.8 Å². The van der Waals surface area contributed by atoms with Gasteiger partial charge in [-0.15, -0.1) is 0 Å². The standard InChI is InChI=1S/C8H20B2/c1-5-7(3,4)8(9,10)6-2/h5-6,9-10H2,1-4H3. The Bertz CT molecular complexity index is 91.8. The molecular formula is C8H20B2. The molecule has 0 aromatic carbocycles. The van der Waals surface area contributed by atoms with Gasteiger partial charge in [0, 0.05) is 0 Å². The molecule has 0 saturated carbocycles. The van der Waals surface area contributed by atoms with Crippen LogP contribution in [-0.2, 0) is 0 Å². The van der Waals surface area contributed by atoms with E-state index in [0.29, 0.717) is 10.6 Å². The van der Waals surface area contributed by atoms with Crippen molar-refractivity contribution in [2.24, 2.45) is 5.41 Å². The summed E-state index contributed by atoms with van der Waals surface area (Å²) in [6, 6.07) is 0. The van der Waals surface area contributed by atoms with E-state index in [9.17, 15) is 0 Å². The summed E-state index contributed by atoms with van der Waals surface area (Å²) < 4.78 is 0. The molecule has 0 fully saturated rings. The molecule has 10 heavy (non-hydrogen) atoms. The lowest BCUT2D eigenvalue weighted by molar-refractivity contribution is 0.288. The predicted octanol–water partition coefficient (Wildman–Crippen LogP) is 1.22. The van der Waals surface area contributed by atoms with E-state index in [1.807, 2.05) is 0 Å². The zero-order chi connectivity index (χ0) is 8.41. The largest absolute Gasteiger partial charge is 0.0998 e. The van der Waals surface area contributed by atoms with Gasteiger partial charge in [0.1, 0.15) is 0 Å². The van der Waals surface area contributed by atoms with E-state index in [-0.39, 0.29) is 0 Å². The maximum Gasteiger partial charge on any atom is 0.0998 e. The van der Waals surface area contributed by atoms with Crippen LogP contribution in [0.5, 0.6) is 0 Å². The summed E-state index contributed by atoms with van der Waals surface area (Å²) in [4.78, 5) is 0. The van der Waals surface area contributed by atoms with Crippen molar-refractivity contribution in [2.75, 3.05) is 0 Å². The monoisotopic (exact) mass is 138 g/mol. The van der Waals surface area contributed by atoms with Gasteiger partial charge in [0.25, 0.3) is 0 Å². The maximum atomic E-state index is 2.36. The minimum absolute atomic E-state index is 0.488. The van der Waals surface area contributed by atoms with Gasteiger partial charge < -0.3 is 0 Å². The zero-order valence-corrected chi connectivity index (χ0v) is 8.41. The van der Waals surface area contributed by atoms with Gasteiger partial charge >= 0.3 is 0 Å². The third-order valence-electron chi connectivity index (χ3n) is 3.60. The van der Waals surface area contributed by atoms with Gasteiger partial charge in [0.15, 0.2) is 0 Å². The van der Waals surface area contributed by atoms with E-state index >= 15 is 0 Å². The molecule has 0 saturated heterocycles. The van der Waals surface area contributed by atoms with E-state index in [1.54, 1.807) is 0 Å². The fourth-order valence-electron chi connectivity index (χ4n) is 0.957. The van der Waals surface area contributed by atoms with Crippen LogP contribution in [0.15, 0.2) is 0 Å². The zero-order valence-electron chi connectivity index (χ0n) is 8.41. The lowest BCUT2D eigenvalue weighted by Gasteiger charge is -2.41. The van der Waals surface area contributed by atoms with Crippen molar-refractivity contribution in [3.8, 4) is 0 Å². The molecule has 0 rings (SSSR count). The molecular weight excluding hydrogens is 118 g/mol. The second-order valence-corrected chi connectivity index (χ2v) is 4.47. The van der Waals surface area contributed by atoms with Gasteiger partial charge in [-0.3, -0.25) is 0 Å². The second kappa shape index (κ2) is 3.02. The molecule has 0 aromatic rings. The lowest BCUT2D eigenvalue weighted by atomic mass is 9.41. The van der Waals surface area contributed by atoms with E-state index in [0.717, 1.165) is 0 Å². The molecule has 0 atom stereocenters. The summed E-state index contributed by atoms with van der Waals surface area (Å²) in [6.45, 7) is 9.27. The van der Waals surface area contributed by atoms with Crippen LogP contribution in [0, 0.1) is 5.41 Å². The molecule has 0 nitrogen and oxygen atoms in total. The Morgan fingerprint density at radius 1 is 1.00 bits per heavy atom. The Hall–Kier alpha value is 0.130. The van der Waals surface area contributed by atoms with Crippen LogP contribution in [0.1, 0.15) is 40.5 Å². The maximum absolute atomic E-state index is 2.36. The highest BCUT2D eigenvalue weighted by Crippen LogP contribution is 2.44. The Morgan fingerprint density at radius 3 is 1.50 bits per heavy atom. The molecule has 58 valence electrons. The van der Waals surface area contributed by atoms with E-state index in [2.05, 4.69) is 43.4 Å². The SMILES string of the molecule is BC(B)(CC)C(C)(C)CC. The van der Waals surface area contributed by atoms with E-state index in [1.165, 1.54) is 12.8 Å². The lowest BCUT2D eigenvalue weighted by Crippen LogP contribution is -2.31. The minimum atomic E-state index is 0.488. The third kappa shape index (κ3) is 1.81. The van der Waals surface area contributed by atoms with Crippen LogP contribution in [0.2, 0.25) is 5.21 Å². The highest BCUT2D eigenvalue weighted by molar-refractivity contribution is 6.40. The summed E-state index contributed by atoms with van der Waals surface area (Å²) >= 11 is 0. The fraction of sp³-hybridized carbons (Fsp3) is 1.00. The van der Waals surface area contributed by atoms with Gasteiger partial charge in [0.2, 0.25) is 0 Å². The Balaban J connectivity index is 4.28. The van der Waals surface area contributed by atoms with Gasteiger partial charge in [-0.2, -0.15) is 0 Å². The van der Waals surface area contributed by atoms with E-state index < -0.39 is 0 Å². The molecule has 0 bridgehead atoms. The van der Waals surface area contributed by atoms with Crippen molar-refractivity contribution in [3.63, 3.8) is 0 Å². The van der Waals surface area contributed by atoms with Crippen LogP contribution in [0.3, 0.4) is 0 Å². The number of hydrogen-bond donors (Lipinski definition) is 0. The molecule has 0 aliphatic rings. The van der Waals surface area contributed by atoms with Gasteiger partial charge in [0.05, 0.1) is 15.7 Å². The minimum Gasteiger partial charge on any atom is -0.0799 e. The van der Waals surface area contributed by atoms with Crippen molar-refractivity contribution in [1.82, 2.24) is 0 Å². The average molecular weight is 138 g/mol.